The Balaban J connectivity index is 1.74. The molecule has 0 spiro atoms. The van der Waals surface area contributed by atoms with Gasteiger partial charge in [-0.3, -0.25) is 15.0 Å². The molecule has 11 heteroatoms. The van der Waals surface area contributed by atoms with Crippen LogP contribution in [0.15, 0.2) is 72.1 Å². The van der Waals surface area contributed by atoms with Gasteiger partial charge in [0.2, 0.25) is 11.5 Å². The Morgan fingerprint density at radius 1 is 0.935 bits per heavy atom. The van der Waals surface area contributed by atoms with E-state index in [2.05, 4.69) is 31.1 Å². The van der Waals surface area contributed by atoms with Crippen molar-refractivity contribution in [1.29, 1.82) is 0 Å². The Hall–Kier alpha value is -4.54. The van der Waals surface area contributed by atoms with Gasteiger partial charge >= 0.3 is 5.82 Å². The van der Waals surface area contributed by atoms with Gasteiger partial charge in [-0.05, 0) is 16.1 Å². The van der Waals surface area contributed by atoms with E-state index in [-0.39, 0.29) is 18.9 Å². The average molecular weight is 421 g/mol. The molecule has 0 radical (unpaired) electrons. The first kappa shape index (κ1) is 21.2. The summed E-state index contributed by atoms with van der Waals surface area (Å²) in [6.45, 7) is 0.348. The van der Waals surface area contributed by atoms with Crippen molar-refractivity contribution in [2.45, 2.75) is 13.1 Å². The molecule has 4 N–H and O–H groups in total. The maximum atomic E-state index is 12.6. The number of anilines is 1. The van der Waals surface area contributed by atoms with E-state index in [9.17, 15) is 19.7 Å². The van der Waals surface area contributed by atoms with Gasteiger partial charge in [0.05, 0.1) is 0 Å². The molecule has 0 aliphatic rings. The number of amides is 2. The number of benzene rings is 2. The van der Waals surface area contributed by atoms with E-state index < -0.39 is 28.3 Å². The van der Waals surface area contributed by atoms with Crippen LogP contribution in [0.3, 0.4) is 0 Å². The summed E-state index contributed by atoms with van der Waals surface area (Å²) in [6, 6.07) is 18.2. The molecule has 0 saturated carbocycles. The van der Waals surface area contributed by atoms with Crippen LogP contribution in [0.5, 0.6) is 0 Å². The van der Waals surface area contributed by atoms with Crippen LogP contribution < -0.4 is 16.1 Å². The summed E-state index contributed by atoms with van der Waals surface area (Å²) in [5.74, 6) is -2.17. The minimum atomic E-state index is -0.750. The Labute approximate surface area is 176 Å². The predicted molar refractivity (Wildman–Crippen MR) is 113 cm³/mol. The van der Waals surface area contributed by atoms with Crippen molar-refractivity contribution in [2.75, 3.05) is 5.43 Å². The standard InChI is InChI=1S/C20H19N7O4/c28-19(21-11-14-7-3-1-4-8-14)16(20(29)22-12-15-9-5-2-6-10-15)25-26-17-18(27(30)31)24-13-23-17/h1-10,13,26H,11-12H2,(H,21,28)(H,22,29)(H,23,24). The summed E-state index contributed by atoms with van der Waals surface area (Å²) in [6.07, 6.45) is 1.10. The molecule has 11 nitrogen and oxygen atoms in total. The lowest BCUT2D eigenvalue weighted by Crippen LogP contribution is -2.42. The predicted octanol–water partition coefficient (Wildman–Crippen LogP) is 1.72. The number of rotatable bonds is 9. The molecular weight excluding hydrogens is 402 g/mol. The summed E-state index contributed by atoms with van der Waals surface area (Å²) in [5.41, 5.74) is 3.48. The van der Waals surface area contributed by atoms with Gasteiger partial charge in [0.25, 0.3) is 11.8 Å². The molecular formula is C20H19N7O4. The lowest BCUT2D eigenvalue weighted by Gasteiger charge is -2.09. The minimum absolute atomic E-state index is 0.174. The number of hydrazone groups is 1. The van der Waals surface area contributed by atoms with Gasteiger partial charge in [-0.1, -0.05) is 60.7 Å². The monoisotopic (exact) mass is 421 g/mol. The van der Waals surface area contributed by atoms with Crippen LogP contribution in [0.4, 0.5) is 11.6 Å². The maximum absolute atomic E-state index is 12.6. The van der Waals surface area contributed by atoms with Gasteiger partial charge in [-0.25, -0.2) is 4.98 Å². The van der Waals surface area contributed by atoms with Crippen LogP contribution in [-0.2, 0) is 22.7 Å². The number of H-pyrrole nitrogens is 1. The second-order valence-corrected chi connectivity index (χ2v) is 6.27. The van der Waals surface area contributed by atoms with Gasteiger partial charge in [0.15, 0.2) is 6.33 Å². The molecule has 3 aromatic rings. The zero-order valence-corrected chi connectivity index (χ0v) is 16.2. The van der Waals surface area contributed by atoms with E-state index in [1.165, 1.54) is 0 Å². The summed E-state index contributed by atoms with van der Waals surface area (Å²) in [4.78, 5) is 41.7. The van der Waals surface area contributed by atoms with E-state index in [1.807, 2.05) is 60.7 Å². The number of hydrogen-bond donors (Lipinski definition) is 4. The van der Waals surface area contributed by atoms with Gasteiger partial charge < -0.3 is 20.7 Å². The highest BCUT2D eigenvalue weighted by molar-refractivity contribution is 6.65. The Morgan fingerprint density at radius 3 is 1.94 bits per heavy atom. The highest BCUT2D eigenvalue weighted by Gasteiger charge is 2.22. The normalized spacial score (nSPS) is 10.1. The molecule has 0 aliphatic heterocycles. The lowest BCUT2D eigenvalue weighted by molar-refractivity contribution is -0.388. The Bertz CT molecular complexity index is 1020. The fourth-order valence-electron chi connectivity index (χ4n) is 2.55. The third-order valence-electron chi connectivity index (χ3n) is 4.10. The molecule has 31 heavy (non-hydrogen) atoms. The molecule has 2 amide bonds. The van der Waals surface area contributed by atoms with E-state index >= 15 is 0 Å². The zero-order chi connectivity index (χ0) is 22.1. The smallest absolute Gasteiger partial charge is 0.358 e. The molecule has 1 aromatic heterocycles. The van der Waals surface area contributed by atoms with Crippen molar-refractivity contribution >= 4 is 29.2 Å². The molecule has 0 bridgehead atoms. The molecule has 0 fully saturated rings. The van der Waals surface area contributed by atoms with Crippen LogP contribution in [0.1, 0.15) is 11.1 Å². The van der Waals surface area contributed by atoms with Crippen LogP contribution in [0.2, 0.25) is 0 Å². The van der Waals surface area contributed by atoms with Crippen LogP contribution in [0, 0.1) is 10.1 Å². The summed E-state index contributed by atoms with van der Waals surface area (Å²) >= 11 is 0. The molecule has 3 rings (SSSR count). The number of carbonyl (C=O) groups is 2. The first-order chi connectivity index (χ1) is 15.0. The van der Waals surface area contributed by atoms with Crippen LogP contribution in [0.25, 0.3) is 0 Å². The third kappa shape index (κ3) is 5.97. The third-order valence-corrected chi connectivity index (χ3v) is 4.10. The topological polar surface area (TPSA) is 154 Å². The van der Waals surface area contributed by atoms with Gasteiger partial charge in [-0.15, -0.1) is 0 Å². The number of hydrogen-bond acceptors (Lipinski definition) is 7. The first-order valence-corrected chi connectivity index (χ1v) is 9.20. The second-order valence-electron chi connectivity index (χ2n) is 6.27. The number of imidazole rings is 1. The highest BCUT2D eigenvalue weighted by atomic mass is 16.6. The largest absolute Gasteiger partial charge is 0.366 e. The van der Waals surface area contributed by atoms with Gasteiger partial charge in [0, 0.05) is 13.1 Å². The number of aromatic nitrogens is 2. The van der Waals surface area contributed by atoms with Crippen molar-refractivity contribution in [3.8, 4) is 0 Å². The van der Waals surface area contributed by atoms with Crippen molar-refractivity contribution < 1.29 is 14.5 Å². The fourth-order valence-corrected chi connectivity index (χ4v) is 2.55. The van der Waals surface area contributed by atoms with Gasteiger partial charge in [0.1, 0.15) is 0 Å². The quantitative estimate of drug-likeness (QED) is 0.178. The Kier molecular flexibility index (Phi) is 7.03. The number of nitrogens with one attached hydrogen (secondary N) is 4. The Morgan fingerprint density at radius 2 is 1.45 bits per heavy atom. The summed E-state index contributed by atoms with van der Waals surface area (Å²) in [5, 5.41) is 20.0. The molecule has 0 unspecified atom stereocenters. The van der Waals surface area contributed by atoms with Crippen LogP contribution >= 0.6 is 0 Å². The molecule has 0 aliphatic carbocycles. The van der Waals surface area contributed by atoms with E-state index in [1.54, 1.807) is 0 Å². The fraction of sp³-hybridized carbons (Fsp3) is 0.100. The average Bonchev–Trinajstić information content (AvgIpc) is 3.27. The first-order valence-electron chi connectivity index (χ1n) is 9.20. The van der Waals surface area contributed by atoms with E-state index in [4.69, 9.17) is 0 Å². The molecule has 2 aromatic carbocycles. The molecule has 0 atom stereocenters. The maximum Gasteiger partial charge on any atom is 0.366 e. The molecule has 0 saturated heterocycles. The minimum Gasteiger partial charge on any atom is -0.358 e. The molecule has 158 valence electrons. The summed E-state index contributed by atoms with van der Waals surface area (Å²) in [7, 11) is 0. The van der Waals surface area contributed by atoms with Crippen molar-refractivity contribution in [3.63, 3.8) is 0 Å². The highest BCUT2D eigenvalue weighted by Crippen LogP contribution is 2.17. The number of carbonyl (C=O) groups excluding carboxylic acids is 2. The SMILES string of the molecule is O=C(NCc1ccccc1)C(=NNc1nc[nH]c1[N+](=O)[O-])C(=O)NCc1ccccc1. The molecule has 1 heterocycles. The van der Waals surface area contributed by atoms with Crippen molar-refractivity contribution in [3.05, 3.63) is 88.2 Å². The number of nitro groups is 1. The second kappa shape index (κ2) is 10.3. The number of nitrogens with zero attached hydrogens (tertiary/aromatic N) is 3. The van der Waals surface area contributed by atoms with Crippen molar-refractivity contribution in [1.82, 2.24) is 20.6 Å². The van der Waals surface area contributed by atoms with Crippen LogP contribution in [-0.4, -0.2) is 32.4 Å². The zero-order valence-electron chi connectivity index (χ0n) is 16.2. The van der Waals surface area contributed by atoms with E-state index in [0.717, 1.165) is 17.5 Å². The summed E-state index contributed by atoms with van der Waals surface area (Å²) < 4.78 is 0. The lowest BCUT2D eigenvalue weighted by atomic mass is 10.2. The van der Waals surface area contributed by atoms with Gasteiger partial charge in [-0.2, -0.15) is 10.1 Å². The number of aromatic amines is 1. The van der Waals surface area contributed by atoms with E-state index in [0.29, 0.717) is 0 Å². The van der Waals surface area contributed by atoms with Crippen molar-refractivity contribution in [2.24, 2.45) is 5.10 Å².